The van der Waals surface area contributed by atoms with Crippen molar-refractivity contribution in [1.82, 2.24) is 0 Å². The summed E-state index contributed by atoms with van der Waals surface area (Å²) in [6.07, 6.45) is 9.34. The SMILES string of the molecule is O=C([CH]CC1CCCCC1)Nc1ccccc1. The molecule has 0 bridgehead atoms. The molecule has 0 unspecified atom stereocenters. The smallest absolute Gasteiger partial charge is 0.228 e. The van der Waals surface area contributed by atoms with Crippen molar-refractivity contribution >= 4 is 11.6 Å². The highest BCUT2D eigenvalue weighted by atomic mass is 16.1. The molecule has 2 nitrogen and oxygen atoms in total. The fraction of sp³-hybridized carbons (Fsp3) is 0.467. The summed E-state index contributed by atoms with van der Waals surface area (Å²) in [6.45, 7) is 0. The van der Waals surface area contributed by atoms with E-state index < -0.39 is 0 Å². The number of nitrogens with one attached hydrogen (secondary N) is 1. The van der Waals surface area contributed by atoms with Crippen molar-refractivity contribution in [3.05, 3.63) is 36.8 Å². The summed E-state index contributed by atoms with van der Waals surface area (Å²) in [5, 5.41) is 2.89. The number of carbonyl (C=O) groups excluding carboxylic acids is 1. The number of benzene rings is 1. The van der Waals surface area contributed by atoms with Gasteiger partial charge in [0, 0.05) is 5.69 Å². The van der Waals surface area contributed by atoms with Crippen LogP contribution in [0.5, 0.6) is 0 Å². The minimum Gasteiger partial charge on any atom is -0.326 e. The summed E-state index contributed by atoms with van der Waals surface area (Å²) < 4.78 is 0. The van der Waals surface area contributed by atoms with Crippen LogP contribution in [0.25, 0.3) is 0 Å². The standard InChI is InChI=1S/C15H20NO/c17-15(16-14-9-5-2-6-10-14)12-11-13-7-3-1-4-8-13/h2,5-6,9-10,12-13H,1,3-4,7-8,11H2,(H,16,17). The Labute approximate surface area is 103 Å². The van der Waals surface area contributed by atoms with Crippen LogP contribution >= 0.6 is 0 Å². The van der Waals surface area contributed by atoms with Gasteiger partial charge in [0.2, 0.25) is 5.91 Å². The third kappa shape index (κ3) is 4.22. The topological polar surface area (TPSA) is 29.1 Å². The summed E-state index contributed by atoms with van der Waals surface area (Å²) in [7, 11) is 0. The Morgan fingerprint density at radius 3 is 2.59 bits per heavy atom. The van der Waals surface area contributed by atoms with E-state index >= 15 is 0 Å². The zero-order valence-electron chi connectivity index (χ0n) is 10.2. The van der Waals surface area contributed by atoms with Crippen molar-refractivity contribution in [2.75, 3.05) is 5.32 Å². The molecule has 1 aliphatic carbocycles. The van der Waals surface area contributed by atoms with Crippen LogP contribution in [-0.2, 0) is 4.79 Å². The number of rotatable bonds is 4. The van der Waals surface area contributed by atoms with E-state index in [1.165, 1.54) is 32.1 Å². The van der Waals surface area contributed by atoms with E-state index in [0.29, 0.717) is 0 Å². The average molecular weight is 230 g/mol. The zero-order valence-corrected chi connectivity index (χ0v) is 10.2. The molecule has 1 aromatic rings. The molecular formula is C15H20NO. The van der Waals surface area contributed by atoms with Crippen molar-refractivity contribution in [3.8, 4) is 0 Å². The van der Waals surface area contributed by atoms with E-state index in [1.54, 1.807) is 0 Å². The van der Waals surface area contributed by atoms with Gasteiger partial charge in [-0.3, -0.25) is 4.79 Å². The van der Waals surface area contributed by atoms with Gasteiger partial charge in [-0.15, -0.1) is 0 Å². The Hall–Kier alpha value is -1.31. The number of carbonyl (C=O) groups is 1. The van der Waals surface area contributed by atoms with Crippen molar-refractivity contribution in [2.45, 2.75) is 38.5 Å². The maximum atomic E-state index is 11.7. The minimum atomic E-state index is 0.0294. The minimum absolute atomic E-state index is 0.0294. The number of para-hydroxylation sites is 1. The van der Waals surface area contributed by atoms with E-state index in [0.717, 1.165) is 18.0 Å². The Morgan fingerprint density at radius 2 is 1.88 bits per heavy atom. The van der Waals surface area contributed by atoms with Crippen molar-refractivity contribution in [3.63, 3.8) is 0 Å². The van der Waals surface area contributed by atoms with Crippen molar-refractivity contribution < 1.29 is 4.79 Å². The predicted octanol–water partition coefficient (Wildman–Crippen LogP) is 3.80. The van der Waals surface area contributed by atoms with Gasteiger partial charge in [0.25, 0.3) is 0 Å². The normalized spacial score (nSPS) is 16.7. The zero-order chi connectivity index (χ0) is 11.9. The van der Waals surface area contributed by atoms with Crippen LogP contribution in [0.1, 0.15) is 38.5 Å². The summed E-state index contributed by atoms with van der Waals surface area (Å²) in [5.74, 6) is 0.757. The molecule has 0 saturated heterocycles. The third-order valence-electron chi connectivity index (χ3n) is 3.40. The first-order chi connectivity index (χ1) is 8.34. The van der Waals surface area contributed by atoms with E-state index in [-0.39, 0.29) is 5.91 Å². The van der Waals surface area contributed by atoms with Gasteiger partial charge in [0.05, 0.1) is 6.42 Å². The maximum absolute atomic E-state index is 11.7. The molecule has 1 saturated carbocycles. The monoisotopic (exact) mass is 230 g/mol. The molecule has 1 fully saturated rings. The summed E-state index contributed by atoms with van der Waals surface area (Å²) in [5.41, 5.74) is 0.873. The van der Waals surface area contributed by atoms with Crippen LogP contribution in [0.15, 0.2) is 30.3 Å². The van der Waals surface area contributed by atoms with Crippen LogP contribution in [0.3, 0.4) is 0 Å². The number of amides is 1. The number of anilines is 1. The lowest BCUT2D eigenvalue weighted by molar-refractivity contribution is -0.113. The Kier molecular flexibility index (Phi) is 4.60. The molecule has 0 aliphatic heterocycles. The van der Waals surface area contributed by atoms with Gasteiger partial charge >= 0.3 is 0 Å². The number of hydrogen-bond donors (Lipinski definition) is 1. The number of hydrogen-bond acceptors (Lipinski definition) is 1. The highest BCUT2D eigenvalue weighted by Gasteiger charge is 2.14. The highest BCUT2D eigenvalue weighted by molar-refractivity contribution is 5.97. The highest BCUT2D eigenvalue weighted by Crippen LogP contribution is 2.27. The van der Waals surface area contributed by atoms with Crippen molar-refractivity contribution in [1.29, 1.82) is 0 Å². The predicted molar refractivity (Wildman–Crippen MR) is 70.6 cm³/mol. The average Bonchev–Trinajstić information content (AvgIpc) is 2.39. The Balaban J connectivity index is 1.70. The quantitative estimate of drug-likeness (QED) is 0.837. The molecule has 1 N–H and O–H groups in total. The van der Waals surface area contributed by atoms with Gasteiger partial charge < -0.3 is 5.32 Å². The largest absolute Gasteiger partial charge is 0.326 e. The molecule has 2 heteroatoms. The lowest BCUT2D eigenvalue weighted by atomic mass is 9.86. The maximum Gasteiger partial charge on any atom is 0.228 e. The fourth-order valence-electron chi connectivity index (χ4n) is 2.41. The van der Waals surface area contributed by atoms with Crippen LogP contribution in [0.4, 0.5) is 5.69 Å². The van der Waals surface area contributed by atoms with Gasteiger partial charge in [-0.25, -0.2) is 0 Å². The summed E-state index contributed by atoms with van der Waals surface area (Å²) in [4.78, 5) is 11.7. The van der Waals surface area contributed by atoms with E-state index in [2.05, 4.69) is 5.32 Å². The lowest BCUT2D eigenvalue weighted by Gasteiger charge is -2.20. The molecule has 17 heavy (non-hydrogen) atoms. The van der Waals surface area contributed by atoms with Gasteiger partial charge in [0.1, 0.15) is 0 Å². The molecule has 1 aromatic carbocycles. The lowest BCUT2D eigenvalue weighted by Crippen LogP contribution is -2.15. The molecule has 2 rings (SSSR count). The summed E-state index contributed by atoms with van der Waals surface area (Å²) in [6, 6.07) is 9.62. The molecule has 0 heterocycles. The van der Waals surface area contributed by atoms with Gasteiger partial charge in [0.15, 0.2) is 0 Å². The Morgan fingerprint density at radius 1 is 1.18 bits per heavy atom. The van der Waals surface area contributed by atoms with E-state index in [1.807, 2.05) is 36.8 Å². The van der Waals surface area contributed by atoms with E-state index in [4.69, 9.17) is 0 Å². The molecule has 1 amide bonds. The van der Waals surface area contributed by atoms with Crippen LogP contribution in [-0.4, -0.2) is 5.91 Å². The fourth-order valence-corrected chi connectivity index (χ4v) is 2.41. The van der Waals surface area contributed by atoms with Gasteiger partial charge in [-0.1, -0.05) is 50.3 Å². The summed E-state index contributed by atoms with van der Waals surface area (Å²) >= 11 is 0. The molecule has 0 aromatic heterocycles. The molecule has 0 atom stereocenters. The van der Waals surface area contributed by atoms with Crippen LogP contribution < -0.4 is 5.32 Å². The van der Waals surface area contributed by atoms with Gasteiger partial charge in [-0.2, -0.15) is 0 Å². The second-order valence-electron chi connectivity index (χ2n) is 4.80. The molecule has 91 valence electrons. The first kappa shape index (κ1) is 12.2. The van der Waals surface area contributed by atoms with Crippen LogP contribution in [0, 0.1) is 12.3 Å². The first-order valence-corrected chi connectivity index (χ1v) is 6.54. The second-order valence-corrected chi connectivity index (χ2v) is 4.80. The van der Waals surface area contributed by atoms with Crippen molar-refractivity contribution in [2.24, 2.45) is 5.92 Å². The van der Waals surface area contributed by atoms with E-state index in [9.17, 15) is 4.79 Å². The van der Waals surface area contributed by atoms with Crippen LogP contribution in [0.2, 0.25) is 0 Å². The molecule has 1 aliphatic rings. The molecular weight excluding hydrogens is 210 g/mol. The molecule has 1 radical (unpaired) electrons. The molecule has 0 spiro atoms. The second kappa shape index (κ2) is 6.43. The van der Waals surface area contributed by atoms with Gasteiger partial charge in [-0.05, 0) is 24.5 Å². The Bertz CT molecular complexity index is 341. The third-order valence-corrected chi connectivity index (χ3v) is 3.40. The first-order valence-electron chi connectivity index (χ1n) is 6.54.